The van der Waals surface area contributed by atoms with E-state index in [2.05, 4.69) is 15.3 Å². The molecular weight excluding hydrogens is 787 g/mol. The van der Waals surface area contributed by atoms with Gasteiger partial charge in [-0.15, -0.1) is 0 Å². The second-order valence-corrected chi connectivity index (χ2v) is 16.0. The van der Waals surface area contributed by atoms with Crippen LogP contribution in [0.15, 0.2) is 71.3 Å². The van der Waals surface area contributed by atoms with Gasteiger partial charge in [0.05, 0.1) is 12.3 Å². The van der Waals surface area contributed by atoms with E-state index in [0.29, 0.717) is 65.9 Å². The molecule has 0 saturated heterocycles. The summed E-state index contributed by atoms with van der Waals surface area (Å²) in [5.74, 6) is -1.65. The van der Waals surface area contributed by atoms with E-state index in [0.717, 1.165) is 27.9 Å². The number of oxazole rings is 1. The lowest BCUT2D eigenvalue weighted by atomic mass is 9.87. The first-order valence-electron chi connectivity index (χ1n) is 20.7. The zero-order chi connectivity index (χ0) is 43.0. The summed E-state index contributed by atoms with van der Waals surface area (Å²) < 4.78 is 57.6. The van der Waals surface area contributed by atoms with Crippen molar-refractivity contribution in [3.05, 3.63) is 112 Å². The van der Waals surface area contributed by atoms with Crippen LogP contribution in [0.5, 0.6) is 23.0 Å². The molecule has 0 spiro atoms. The van der Waals surface area contributed by atoms with E-state index in [1.807, 2.05) is 56.3 Å². The summed E-state index contributed by atoms with van der Waals surface area (Å²) in [6, 6.07) is 16.9. The zero-order valence-electron chi connectivity index (χ0n) is 34.8. The molecule has 1 saturated carbocycles. The summed E-state index contributed by atoms with van der Waals surface area (Å²) >= 11 is 0. The third-order valence-corrected chi connectivity index (χ3v) is 11.8. The van der Waals surface area contributed by atoms with Crippen molar-refractivity contribution in [1.29, 1.82) is 0 Å². The minimum atomic E-state index is -2.58. The molecule has 1 unspecified atom stereocenters. The van der Waals surface area contributed by atoms with E-state index in [1.165, 1.54) is 4.90 Å². The van der Waals surface area contributed by atoms with Crippen molar-refractivity contribution in [2.75, 3.05) is 25.1 Å². The highest BCUT2D eigenvalue weighted by atomic mass is 19.3. The molecule has 4 heterocycles. The number of amides is 2. The lowest BCUT2D eigenvalue weighted by Gasteiger charge is -2.37. The SMILES string of the molecule is CCC(=O)Oc1c(NC(=O)C2c3cc4c(cc3CCN2C(=O)c2nc(C)oc2C)OC[C@H](c2ccc(OCC3CCC(F)(F)CC3)cc2)O4)cccc1-c1ccnc(C)c1C. The first-order valence-corrected chi connectivity index (χ1v) is 20.7. The van der Waals surface area contributed by atoms with Crippen LogP contribution >= 0.6 is 0 Å². The number of anilines is 1. The Kier molecular flexibility index (Phi) is 11.5. The molecule has 8 rings (SSSR count). The predicted octanol–water partition coefficient (Wildman–Crippen LogP) is 9.38. The first-order chi connectivity index (χ1) is 29.3. The van der Waals surface area contributed by atoms with Crippen LogP contribution in [0.1, 0.15) is 101 Å². The minimum Gasteiger partial charge on any atom is -0.493 e. The van der Waals surface area contributed by atoms with Crippen molar-refractivity contribution >= 4 is 23.5 Å². The number of nitrogens with one attached hydrogen (secondary N) is 1. The molecule has 2 aromatic heterocycles. The molecular formula is C47H48F2N4O8. The third-order valence-electron chi connectivity index (χ3n) is 11.8. The summed E-state index contributed by atoms with van der Waals surface area (Å²) in [4.78, 5) is 52.3. The van der Waals surface area contributed by atoms with Crippen LogP contribution in [0, 0.1) is 33.6 Å². The number of benzene rings is 3. The number of hydrogen-bond donors (Lipinski definition) is 1. The number of ether oxygens (including phenoxy) is 4. The second kappa shape index (κ2) is 17.0. The Bertz CT molecular complexity index is 2480. The van der Waals surface area contributed by atoms with Gasteiger partial charge in [-0.3, -0.25) is 19.4 Å². The molecule has 1 aliphatic carbocycles. The summed E-state index contributed by atoms with van der Waals surface area (Å²) in [6.45, 7) is 9.61. The quantitative estimate of drug-likeness (QED) is 0.107. The number of para-hydroxylation sites is 1. The van der Waals surface area contributed by atoms with Crippen molar-refractivity contribution in [2.45, 2.75) is 91.2 Å². The van der Waals surface area contributed by atoms with Crippen LogP contribution in [0.4, 0.5) is 14.5 Å². The smallest absolute Gasteiger partial charge is 0.310 e. The molecule has 318 valence electrons. The highest BCUT2D eigenvalue weighted by Gasteiger charge is 2.40. The van der Waals surface area contributed by atoms with Crippen molar-refractivity contribution in [3.63, 3.8) is 0 Å². The van der Waals surface area contributed by atoms with Crippen LogP contribution in [-0.4, -0.2) is 58.3 Å². The molecule has 2 aliphatic heterocycles. The highest BCUT2D eigenvalue weighted by Crippen LogP contribution is 2.45. The topological polar surface area (TPSA) is 142 Å². The number of aromatic nitrogens is 2. The Morgan fingerprint density at radius 1 is 0.967 bits per heavy atom. The monoisotopic (exact) mass is 834 g/mol. The Morgan fingerprint density at radius 2 is 1.74 bits per heavy atom. The lowest BCUT2D eigenvalue weighted by molar-refractivity contribution is -0.134. The van der Waals surface area contributed by atoms with Gasteiger partial charge in [-0.2, -0.15) is 0 Å². The van der Waals surface area contributed by atoms with Gasteiger partial charge in [-0.05, 0) is 110 Å². The molecule has 3 aromatic carbocycles. The summed E-state index contributed by atoms with van der Waals surface area (Å²) in [5, 5.41) is 3.02. The van der Waals surface area contributed by atoms with Gasteiger partial charge < -0.3 is 33.6 Å². The zero-order valence-corrected chi connectivity index (χ0v) is 34.8. The Labute approximate surface area is 352 Å². The number of halogens is 2. The molecule has 2 amide bonds. The molecule has 12 nitrogen and oxygen atoms in total. The Balaban J connectivity index is 1.10. The fraction of sp³-hybridized carbons (Fsp3) is 0.383. The molecule has 0 radical (unpaired) electrons. The maximum Gasteiger partial charge on any atom is 0.310 e. The number of carbonyl (C=O) groups excluding carboxylic acids is 3. The lowest BCUT2D eigenvalue weighted by Crippen LogP contribution is -2.45. The summed E-state index contributed by atoms with van der Waals surface area (Å²) in [5.41, 5.74) is 5.58. The van der Waals surface area contributed by atoms with Gasteiger partial charge in [0, 0.05) is 50.2 Å². The number of fused-ring (bicyclic) bond motifs is 2. The Hall–Kier alpha value is -6.31. The average Bonchev–Trinajstić information content (AvgIpc) is 3.60. The maximum atomic E-state index is 14.9. The van der Waals surface area contributed by atoms with Gasteiger partial charge in [0.2, 0.25) is 5.92 Å². The van der Waals surface area contributed by atoms with E-state index in [-0.39, 0.29) is 55.5 Å². The average molecular weight is 835 g/mol. The van der Waals surface area contributed by atoms with Crippen LogP contribution < -0.4 is 24.3 Å². The van der Waals surface area contributed by atoms with Crippen molar-refractivity contribution in [1.82, 2.24) is 14.9 Å². The van der Waals surface area contributed by atoms with Gasteiger partial charge in [0.1, 0.15) is 24.2 Å². The van der Waals surface area contributed by atoms with Crippen molar-refractivity contribution in [2.24, 2.45) is 5.92 Å². The van der Waals surface area contributed by atoms with Crippen molar-refractivity contribution < 1.29 is 46.5 Å². The van der Waals surface area contributed by atoms with Gasteiger partial charge >= 0.3 is 5.97 Å². The van der Waals surface area contributed by atoms with Crippen LogP contribution in [0.2, 0.25) is 0 Å². The molecule has 1 N–H and O–H groups in total. The summed E-state index contributed by atoms with van der Waals surface area (Å²) in [7, 11) is 0. The third kappa shape index (κ3) is 8.66. The van der Waals surface area contributed by atoms with Gasteiger partial charge in [-0.1, -0.05) is 31.2 Å². The molecule has 5 aromatic rings. The number of pyridine rings is 1. The van der Waals surface area contributed by atoms with E-state index in [4.69, 9.17) is 23.4 Å². The number of rotatable bonds is 10. The number of nitrogens with zero attached hydrogens (tertiary/aromatic N) is 3. The summed E-state index contributed by atoms with van der Waals surface area (Å²) in [6.07, 6.45) is 2.34. The number of alkyl halides is 2. The first kappa shape index (κ1) is 41.4. The van der Waals surface area contributed by atoms with Crippen LogP contribution in [-0.2, 0) is 16.0 Å². The van der Waals surface area contributed by atoms with Gasteiger partial charge in [-0.25, -0.2) is 13.8 Å². The number of aryl methyl sites for hydroxylation is 3. The molecule has 1 fully saturated rings. The van der Waals surface area contributed by atoms with E-state index < -0.39 is 35.9 Å². The number of carbonyl (C=O) groups is 3. The second-order valence-electron chi connectivity index (χ2n) is 16.0. The largest absolute Gasteiger partial charge is 0.493 e. The number of esters is 1. The van der Waals surface area contributed by atoms with Gasteiger partial charge in [0.25, 0.3) is 11.8 Å². The van der Waals surface area contributed by atoms with Crippen molar-refractivity contribution in [3.8, 4) is 34.1 Å². The molecule has 14 heteroatoms. The fourth-order valence-corrected chi connectivity index (χ4v) is 8.25. The predicted molar refractivity (Wildman–Crippen MR) is 221 cm³/mol. The molecule has 2 atom stereocenters. The Morgan fingerprint density at radius 3 is 2.46 bits per heavy atom. The minimum absolute atomic E-state index is 0.0875. The van der Waals surface area contributed by atoms with E-state index in [9.17, 15) is 23.2 Å². The molecule has 3 aliphatic rings. The fourth-order valence-electron chi connectivity index (χ4n) is 8.25. The molecule has 61 heavy (non-hydrogen) atoms. The van der Waals surface area contributed by atoms with Crippen LogP contribution in [0.25, 0.3) is 11.1 Å². The number of hydrogen-bond acceptors (Lipinski definition) is 10. The molecule has 0 bridgehead atoms. The van der Waals surface area contributed by atoms with E-state index in [1.54, 1.807) is 45.2 Å². The van der Waals surface area contributed by atoms with E-state index >= 15 is 0 Å². The van der Waals surface area contributed by atoms with Gasteiger partial charge in [0.15, 0.2) is 34.9 Å². The van der Waals surface area contributed by atoms with Crippen LogP contribution in [0.3, 0.4) is 0 Å². The standard InChI is InChI=1S/C47H48F2N4O8/c1-6-41(54)61-44-35(34-16-20-50-27(3)26(34)2)8-7-9-37(44)52-45(55)43-36-23-39-38(22-32(36)17-21-53(43)46(56)42-28(4)59-29(5)51-42)58-25-40(60-39)31-10-12-33(13-11-31)57-24-30-14-18-47(48,49)19-15-30/h7-13,16,20,22-23,30,40,43H,6,14-15,17-19,21,24-25H2,1-5H3,(H,52,55)/t40-,43?/m1/s1. The normalized spacial score (nSPS) is 18.2. The maximum absolute atomic E-state index is 14.9. The highest BCUT2D eigenvalue weighted by molar-refractivity contribution is 6.03.